The maximum absolute atomic E-state index is 3.23. The molecule has 3 heteroatoms. The van der Waals surface area contributed by atoms with Crippen molar-refractivity contribution in [2.75, 3.05) is 7.05 Å². The second-order valence-corrected chi connectivity index (χ2v) is 4.13. The third kappa shape index (κ3) is 1.60. The summed E-state index contributed by atoms with van der Waals surface area (Å²) in [4.78, 5) is 0. The Morgan fingerprint density at radius 3 is 2.33 bits per heavy atom. The van der Waals surface area contributed by atoms with Crippen molar-refractivity contribution in [1.29, 1.82) is 0 Å². The van der Waals surface area contributed by atoms with Gasteiger partial charge < -0.3 is 5.32 Å². The molecule has 1 heterocycles. The summed E-state index contributed by atoms with van der Waals surface area (Å²) in [6.07, 6.45) is 0. The number of hydrogen-bond acceptors (Lipinski definition) is 2. The van der Waals surface area contributed by atoms with E-state index in [0.29, 0.717) is 5.50 Å². The molecule has 0 aromatic rings. The number of nitrogens with two attached hydrogens (primary N) is 1. The minimum Gasteiger partial charge on any atom is -0.319 e. The fourth-order valence-electron chi connectivity index (χ4n) is 0.997. The van der Waals surface area contributed by atoms with Crippen molar-refractivity contribution in [3.05, 3.63) is 0 Å². The van der Waals surface area contributed by atoms with Crippen LogP contribution in [0.2, 0.25) is 0 Å². The van der Waals surface area contributed by atoms with Gasteiger partial charge in [0.2, 0.25) is 0 Å². The lowest BCUT2D eigenvalue weighted by Gasteiger charge is -2.03. The van der Waals surface area contributed by atoms with Gasteiger partial charge in [0, 0.05) is 0 Å². The molecule has 0 aromatic carbocycles. The predicted molar refractivity (Wildman–Crippen MR) is 41.3 cm³/mol. The Hall–Kier alpha value is 0.270. The molecule has 0 amide bonds. The number of quaternary nitrogens is 1. The fourth-order valence-corrected chi connectivity index (χ4v) is 2.27. The highest BCUT2D eigenvalue weighted by molar-refractivity contribution is 8.00. The Labute approximate surface area is 60.8 Å². The third-order valence-corrected chi connectivity index (χ3v) is 3.41. The van der Waals surface area contributed by atoms with Crippen molar-refractivity contribution in [2.24, 2.45) is 0 Å². The molecule has 0 spiro atoms. The molecule has 1 saturated heterocycles. The van der Waals surface area contributed by atoms with E-state index in [4.69, 9.17) is 0 Å². The average Bonchev–Trinajstić information content (AvgIpc) is 2.13. The Morgan fingerprint density at radius 1 is 1.44 bits per heavy atom. The summed E-state index contributed by atoms with van der Waals surface area (Å²) in [6.45, 7) is 4.55. The quantitative estimate of drug-likeness (QED) is 0.527. The third-order valence-electron chi connectivity index (χ3n) is 1.86. The predicted octanol–water partition coefficient (Wildman–Crippen LogP) is -0.423. The number of thioether (sulfide) groups is 1. The van der Waals surface area contributed by atoms with E-state index in [2.05, 4.69) is 24.5 Å². The topological polar surface area (TPSA) is 28.6 Å². The van der Waals surface area contributed by atoms with Gasteiger partial charge in [0.1, 0.15) is 0 Å². The molecule has 0 aromatic heterocycles. The molecule has 1 aliphatic rings. The Balaban J connectivity index is 2.35. The summed E-state index contributed by atoms with van der Waals surface area (Å²) in [7, 11) is 2.01. The van der Waals surface area contributed by atoms with E-state index < -0.39 is 0 Å². The minimum atomic E-state index is 0.593. The zero-order valence-corrected chi connectivity index (χ0v) is 7.03. The van der Waals surface area contributed by atoms with Crippen LogP contribution in [-0.4, -0.2) is 23.8 Å². The van der Waals surface area contributed by atoms with Crippen LogP contribution in [0.5, 0.6) is 0 Å². The molecule has 0 radical (unpaired) electrons. The summed E-state index contributed by atoms with van der Waals surface area (Å²) < 4.78 is 0. The minimum absolute atomic E-state index is 0.593. The maximum atomic E-state index is 3.23. The van der Waals surface area contributed by atoms with E-state index in [9.17, 15) is 0 Å². The number of nitrogens with one attached hydrogen (secondary N) is 1. The molecular weight excluding hydrogens is 132 g/mol. The summed E-state index contributed by atoms with van der Waals surface area (Å²) in [5.41, 5.74) is 0.593. The molecule has 0 saturated carbocycles. The molecule has 1 aliphatic heterocycles. The summed E-state index contributed by atoms with van der Waals surface area (Å²) in [5, 5.41) is 6.40. The van der Waals surface area contributed by atoms with Crippen LogP contribution in [0.25, 0.3) is 0 Å². The Bertz CT molecular complexity index is 87.1. The van der Waals surface area contributed by atoms with Crippen LogP contribution in [0.1, 0.15) is 13.8 Å². The van der Waals surface area contributed by atoms with E-state index in [-0.39, 0.29) is 0 Å². The van der Waals surface area contributed by atoms with Crippen LogP contribution in [0.3, 0.4) is 0 Å². The molecule has 3 atom stereocenters. The zero-order valence-electron chi connectivity index (χ0n) is 6.22. The van der Waals surface area contributed by atoms with Crippen molar-refractivity contribution < 1.29 is 5.32 Å². The summed E-state index contributed by atoms with van der Waals surface area (Å²) >= 11 is 2.01. The maximum Gasteiger partial charge on any atom is 0.188 e. The van der Waals surface area contributed by atoms with E-state index in [1.165, 1.54) is 0 Å². The van der Waals surface area contributed by atoms with Gasteiger partial charge in [0.05, 0.1) is 11.3 Å². The molecule has 3 unspecified atom stereocenters. The molecule has 0 bridgehead atoms. The second-order valence-electron chi connectivity index (χ2n) is 2.60. The van der Waals surface area contributed by atoms with Crippen LogP contribution in [0, 0.1) is 0 Å². The first-order valence-corrected chi connectivity index (χ1v) is 4.36. The van der Waals surface area contributed by atoms with Gasteiger partial charge in [-0.05, 0) is 20.9 Å². The lowest BCUT2D eigenvalue weighted by molar-refractivity contribution is -0.693. The second kappa shape index (κ2) is 2.90. The van der Waals surface area contributed by atoms with Gasteiger partial charge in [-0.2, -0.15) is 0 Å². The highest BCUT2D eigenvalue weighted by atomic mass is 32.2. The highest BCUT2D eigenvalue weighted by Gasteiger charge is 2.30. The first kappa shape index (κ1) is 7.38. The molecular formula is C6H15N2S+. The van der Waals surface area contributed by atoms with Gasteiger partial charge in [-0.15, -0.1) is 0 Å². The monoisotopic (exact) mass is 147 g/mol. The van der Waals surface area contributed by atoms with Crippen molar-refractivity contribution in [3.8, 4) is 0 Å². The SMILES string of the molecule is CNC1[NH2+]C(C)C(C)S1. The molecule has 1 rings (SSSR count). The normalized spacial score (nSPS) is 43.7. The van der Waals surface area contributed by atoms with Gasteiger partial charge in [-0.1, -0.05) is 11.8 Å². The van der Waals surface area contributed by atoms with Crippen molar-refractivity contribution in [2.45, 2.75) is 30.6 Å². The van der Waals surface area contributed by atoms with Crippen LogP contribution in [-0.2, 0) is 0 Å². The molecule has 54 valence electrons. The number of hydrogen-bond donors (Lipinski definition) is 2. The first-order valence-electron chi connectivity index (χ1n) is 3.41. The van der Waals surface area contributed by atoms with Crippen LogP contribution in [0.15, 0.2) is 0 Å². The van der Waals surface area contributed by atoms with Crippen molar-refractivity contribution in [1.82, 2.24) is 5.32 Å². The van der Waals surface area contributed by atoms with E-state index in [0.717, 1.165) is 11.3 Å². The molecule has 2 nitrogen and oxygen atoms in total. The highest BCUT2D eigenvalue weighted by Crippen LogP contribution is 2.18. The molecule has 0 aliphatic carbocycles. The average molecular weight is 147 g/mol. The van der Waals surface area contributed by atoms with Crippen LogP contribution >= 0.6 is 11.8 Å². The van der Waals surface area contributed by atoms with Gasteiger partial charge in [-0.25, -0.2) is 0 Å². The lowest BCUT2D eigenvalue weighted by Crippen LogP contribution is -2.93. The fraction of sp³-hybridized carbons (Fsp3) is 1.00. The molecule has 3 N–H and O–H groups in total. The standard InChI is InChI=1S/C6H14N2S/c1-4-5(2)9-6(7-3)8-4/h4-8H,1-3H3/p+1. The largest absolute Gasteiger partial charge is 0.319 e. The first-order chi connectivity index (χ1) is 4.24. The molecule has 1 fully saturated rings. The Morgan fingerprint density at radius 2 is 2.11 bits per heavy atom. The zero-order chi connectivity index (χ0) is 6.85. The van der Waals surface area contributed by atoms with E-state index >= 15 is 0 Å². The van der Waals surface area contributed by atoms with Crippen LogP contribution in [0.4, 0.5) is 0 Å². The number of rotatable bonds is 1. The smallest absolute Gasteiger partial charge is 0.188 e. The van der Waals surface area contributed by atoms with Gasteiger partial charge in [0.15, 0.2) is 5.50 Å². The van der Waals surface area contributed by atoms with Gasteiger partial charge >= 0.3 is 0 Å². The van der Waals surface area contributed by atoms with Gasteiger partial charge in [-0.3, -0.25) is 5.32 Å². The Kier molecular flexibility index (Phi) is 2.38. The summed E-state index contributed by atoms with van der Waals surface area (Å²) in [6, 6.07) is 0.771. The van der Waals surface area contributed by atoms with Crippen LogP contribution < -0.4 is 10.6 Å². The van der Waals surface area contributed by atoms with Crippen molar-refractivity contribution >= 4 is 11.8 Å². The van der Waals surface area contributed by atoms with E-state index in [1.54, 1.807) is 0 Å². The molecule has 9 heavy (non-hydrogen) atoms. The van der Waals surface area contributed by atoms with Crippen molar-refractivity contribution in [3.63, 3.8) is 0 Å². The van der Waals surface area contributed by atoms with Gasteiger partial charge in [0.25, 0.3) is 0 Å². The van der Waals surface area contributed by atoms with E-state index in [1.807, 2.05) is 18.8 Å². The summed E-state index contributed by atoms with van der Waals surface area (Å²) in [5.74, 6) is 0. The lowest BCUT2D eigenvalue weighted by atomic mass is 10.3.